The Hall–Kier alpha value is -3.43. The van der Waals surface area contributed by atoms with E-state index in [1.165, 1.54) is 18.2 Å². The second-order valence-corrected chi connectivity index (χ2v) is 11.8. The summed E-state index contributed by atoms with van der Waals surface area (Å²) in [6.07, 6.45) is 0.351. The van der Waals surface area contributed by atoms with Gasteiger partial charge in [-0.1, -0.05) is 18.2 Å². The number of alkyl halides is 1. The van der Waals surface area contributed by atoms with E-state index in [2.05, 4.69) is 4.90 Å². The molecule has 0 saturated carbocycles. The second kappa shape index (κ2) is 10.4. The van der Waals surface area contributed by atoms with Crippen molar-refractivity contribution in [1.82, 2.24) is 4.90 Å². The molecule has 9 heteroatoms. The van der Waals surface area contributed by atoms with Gasteiger partial charge in [0.1, 0.15) is 35.8 Å². The Morgan fingerprint density at radius 2 is 1.79 bits per heavy atom. The van der Waals surface area contributed by atoms with Gasteiger partial charge in [-0.3, -0.25) is 9.29 Å². The molecule has 2 aliphatic rings. The summed E-state index contributed by atoms with van der Waals surface area (Å²) in [6, 6.07) is 16.0. The standard InChI is InChI=1S/C29H29F2NO5S/c1-18-25-13-21(33)5-10-27(25)37-29(28(18)24-9-8-23(14-26(24)31)38(2,34)35)20-3-6-22(7-4-20)36-12-11-32-16-19(15-30)17-32/h3-10,13-14,19,29,33H,11-12,15-17H2,1-2H3/t29-/m0/s1. The van der Waals surface area contributed by atoms with Crippen molar-refractivity contribution in [3.63, 3.8) is 0 Å². The molecule has 0 bridgehead atoms. The number of phenols is 1. The van der Waals surface area contributed by atoms with Crippen molar-refractivity contribution in [2.75, 3.05) is 39.2 Å². The van der Waals surface area contributed by atoms with Crippen LogP contribution in [-0.4, -0.2) is 57.6 Å². The SMILES string of the molecule is CC1=C(c2ccc(S(C)(=O)=O)cc2F)[C@H](c2ccc(OCCN3CC(CF)C3)cc2)Oc2ccc(O)cc21. The minimum atomic E-state index is -3.58. The van der Waals surface area contributed by atoms with Gasteiger partial charge in [0.25, 0.3) is 0 Å². The summed E-state index contributed by atoms with van der Waals surface area (Å²) < 4.78 is 64.1. The zero-order valence-electron chi connectivity index (χ0n) is 21.2. The Morgan fingerprint density at radius 1 is 1.05 bits per heavy atom. The predicted molar refractivity (Wildman–Crippen MR) is 141 cm³/mol. The van der Waals surface area contributed by atoms with Crippen LogP contribution in [-0.2, 0) is 9.84 Å². The Kier molecular flexibility index (Phi) is 7.15. The van der Waals surface area contributed by atoms with Gasteiger partial charge in [0, 0.05) is 48.5 Å². The van der Waals surface area contributed by atoms with Crippen molar-refractivity contribution in [2.45, 2.75) is 17.9 Å². The molecule has 1 saturated heterocycles. The number of rotatable bonds is 8. The molecule has 2 aliphatic heterocycles. The first-order valence-electron chi connectivity index (χ1n) is 12.4. The third kappa shape index (κ3) is 5.26. The number of hydrogen-bond donors (Lipinski definition) is 1. The number of fused-ring (bicyclic) bond motifs is 1. The van der Waals surface area contributed by atoms with Crippen LogP contribution < -0.4 is 9.47 Å². The first-order chi connectivity index (χ1) is 18.1. The van der Waals surface area contributed by atoms with E-state index in [1.807, 2.05) is 31.2 Å². The van der Waals surface area contributed by atoms with Crippen molar-refractivity contribution >= 4 is 21.0 Å². The Morgan fingerprint density at radius 3 is 2.45 bits per heavy atom. The highest BCUT2D eigenvalue weighted by Gasteiger charge is 2.31. The Balaban J connectivity index is 1.44. The molecule has 2 heterocycles. The van der Waals surface area contributed by atoms with Crippen LogP contribution in [0.1, 0.15) is 29.7 Å². The van der Waals surface area contributed by atoms with Gasteiger partial charge in [-0.05, 0) is 60.5 Å². The predicted octanol–water partition coefficient (Wildman–Crippen LogP) is 5.28. The number of ether oxygens (including phenoxy) is 2. The molecular formula is C29H29F2NO5S. The molecule has 5 rings (SSSR count). The van der Waals surface area contributed by atoms with Crippen molar-refractivity contribution in [3.05, 3.63) is 83.2 Å². The van der Waals surface area contributed by atoms with Crippen LogP contribution in [0.5, 0.6) is 17.2 Å². The number of likely N-dealkylation sites (tertiary alicyclic amines) is 1. The van der Waals surface area contributed by atoms with Gasteiger partial charge >= 0.3 is 0 Å². The third-order valence-electron chi connectivity index (χ3n) is 7.05. The second-order valence-electron chi connectivity index (χ2n) is 9.83. The minimum Gasteiger partial charge on any atom is -0.508 e. The number of benzene rings is 3. The molecule has 200 valence electrons. The van der Waals surface area contributed by atoms with Gasteiger partial charge in [0.2, 0.25) is 0 Å². The van der Waals surface area contributed by atoms with E-state index >= 15 is 4.39 Å². The maximum atomic E-state index is 15.4. The Labute approximate surface area is 221 Å². The smallest absolute Gasteiger partial charge is 0.175 e. The van der Waals surface area contributed by atoms with Crippen LogP contribution in [0.15, 0.2) is 65.6 Å². The normalized spacial score (nSPS) is 18.1. The highest BCUT2D eigenvalue weighted by Crippen LogP contribution is 2.48. The summed E-state index contributed by atoms with van der Waals surface area (Å²) in [6.45, 7) is 4.27. The quantitative estimate of drug-likeness (QED) is 0.418. The lowest BCUT2D eigenvalue weighted by Gasteiger charge is -2.37. The first kappa shape index (κ1) is 26.2. The van der Waals surface area contributed by atoms with Gasteiger partial charge < -0.3 is 14.6 Å². The first-order valence-corrected chi connectivity index (χ1v) is 14.2. The molecule has 0 spiro atoms. The van der Waals surface area contributed by atoms with Gasteiger partial charge in [0.05, 0.1) is 11.6 Å². The summed E-state index contributed by atoms with van der Waals surface area (Å²) in [5.41, 5.74) is 2.85. The topological polar surface area (TPSA) is 76.1 Å². The summed E-state index contributed by atoms with van der Waals surface area (Å²) in [5.74, 6) is 0.724. The fourth-order valence-electron chi connectivity index (χ4n) is 4.95. The number of aromatic hydroxyl groups is 1. The van der Waals surface area contributed by atoms with Crippen molar-refractivity contribution in [1.29, 1.82) is 0 Å². The fraction of sp³-hybridized carbons (Fsp3) is 0.310. The van der Waals surface area contributed by atoms with Crippen LogP contribution in [0.4, 0.5) is 8.78 Å². The molecule has 3 aromatic carbocycles. The largest absolute Gasteiger partial charge is 0.508 e. The van der Waals surface area contributed by atoms with Gasteiger partial charge in [-0.25, -0.2) is 12.8 Å². The van der Waals surface area contributed by atoms with Gasteiger partial charge in [0.15, 0.2) is 9.84 Å². The lowest BCUT2D eigenvalue weighted by Crippen LogP contribution is -2.49. The van der Waals surface area contributed by atoms with E-state index in [-0.39, 0.29) is 28.8 Å². The minimum absolute atomic E-state index is 0.0531. The molecule has 1 N–H and O–H groups in total. The molecule has 38 heavy (non-hydrogen) atoms. The molecule has 0 unspecified atom stereocenters. The van der Waals surface area contributed by atoms with E-state index in [9.17, 15) is 17.9 Å². The molecule has 1 atom stereocenters. The zero-order valence-corrected chi connectivity index (χ0v) is 22.0. The highest BCUT2D eigenvalue weighted by atomic mass is 32.2. The number of sulfone groups is 1. The van der Waals surface area contributed by atoms with Crippen LogP contribution in [0, 0.1) is 11.7 Å². The lowest BCUT2D eigenvalue weighted by atomic mass is 9.86. The maximum absolute atomic E-state index is 15.4. The summed E-state index contributed by atoms with van der Waals surface area (Å²) in [5, 5.41) is 10.1. The molecule has 0 aromatic heterocycles. The maximum Gasteiger partial charge on any atom is 0.175 e. The number of phenolic OH excluding ortho intramolecular Hbond substituents is 1. The summed E-state index contributed by atoms with van der Waals surface area (Å²) in [4.78, 5) is 2.04. The number of halogens is 2. The summed E-state index contributed by atoms with van der Waals surface area (Å²) in [7, 11) is -3.58. The zero-order chi connectivity index (χ0) is 27.0. The monoisotopic (exact) mass is 541 g/mol. The van der Waals surface area contributed by atoms with E-state index in [0.29, 0.717) is 34.8 Å². The van der Waals surface area contributed by atoms with E-state index in [0.717, 1.165) is 37.5 Å². The molecule has 0 aliphatic carbocycles. The van der Waals surface area contributed by atoms with Gasteiger partial charge in [-0.15, -0.1) is 0 Å². The number of allylic oxidation sites excluding steroid dienone is 1. The van der Waals surface area contributed by atoms with Crippen LogP contribution in [0.2, 0.25) is 0 Å². The lowest BCUT2D eigenvalue weighted by molar-refractivity contribution is 0.0668. The summed E-state index contributed by atoms with van der Waals surface area (Å²) >= 11 is 0. The van der Waals surface area contributed by atoms with Crippen LogP contribution in [0.25, 0.3) is 11.1 Å². The number of nitrogens with zero attached hydrogens (tertiary/aromatic N) is 1. The Bertz CT molecular complexity index is 1480. The fourth-order valence-corrected chi connectivity index (χ4v) is 5.59. The third-order valence-corrected chi connectivity index (χ3v) is 8.16. The molecular weight excluding hydrogens is 512 g/mol. The average molecular weight is 542 g/mol. The van der Waals surface area contributed by atoms with Crippen LogP contribution >= 0.6 is 0 Å². The van der Waals surface area contributed by atoms with Crippen molar-refractivity contribution < 1.29 is 31.8 Å². The molecule has 1 fully saturated rings. The average Bonchev–Trinajstić information content (AvgIpc) is 2.86. The van der Waals surface area contributed by atoms with Crippen molar-refractivity contribution in [2.24, 2.45) is 5.92 Å². The van der Waals surface area contributed by atoms with E-state index < -0.39 is 21.8 Å². The molecule has 3 aromatic rings. The van der Waals surface area contributed by atoms with Crippen molar-refractivity contribution in [3.8, 4) is 17.2 Å². The molecule has 0 amide bonds. The number of hydrogen-bond acceptors (Lipinski definition) is 6. The van der Waals surface area contributed by atoms with E-state index in [4.69, 9.17) is 9.47 Å². The highest BCUT2D eigenvalue weighted by molar-refractivity contribution is 7.90. The van der Waals surface area contributed by atoms with Crippen LogP contribution in [0.3, 0.4) is 0 Å². The molecule has 0 radical (unpaired) electrons. The van der Waals surface area contributed by atoms with E-state index in [1.54, 1.807) is 12.1 Å². The molecule has 6 nitrogen and oxygen atoms in total. The van der Waals surface area contributed by atoms with Gasteiger partial charge in [-0.2, -0.15) is 0 Å².